The molecule has 4 nitrogen and oxygen atoms in total. The Balaban J connectivity index is 1.79. The minimum Gasteiger partial charge on any atom is -0.354 e. The molecule has 1 amide bonds. The monoisotopic (exact) mass is 267 g/mol. The molecule has 0 aromatic rings. The zero-order valence-electron chi connectivity index (χ0n) is 12.2. The number of nitrogens with two attached hydrogens (primary N) is 1. The van der Waals surface area contributed by atoms with Crippen molar-refractivity contribution in [2.24, 2.45) is 11.7 Å². The van der Waals surface area contributed by atoms with Crippen LogP contribution in [-0.2, 0) is 4.79 Å². The van der Waals surface area contributed by atoms with E-state index in [9.17, 15) is 4.79 Å². The molecule has 1 aliphatic heterocycles. The summed E-state index contributed by atoms with van der Waals surface area (Å²) in [6.45, 7) is 1.95. The third-order valence-corrected chi connectivity index (χ3v) is 4.84. The maximum atomic E-state index is 12.3. The maximum absolute atomic E-state index is 12.3. The summed E-state index contributed by atoms with van der Waals surface area (Å²) in [6, 6.07) is 0.575. The van der Waals surface area contributed by atoms with Crippen LogP contribution in [-0.4, -0.2) is 43.0 Å². The Morgan fingerprint density at radius 1 is 1.16 bits per heavy atom. The Hall–Kier alpha value is -0.610. The molecule has 3 N–H and O–H groups in total. The first-order valence-corrected chi connectivity index (χ1v) is 7.92. The van der Waals surface area contributed by atoms with Gasteiger partial charge >= 0.3 is 0 Å². The summed E-state index contributed by atoms with van der Waals surface area (Å²) in [5.41, 5.74) is 6.14. The molecule has 4 heteroatoms. The van der Waals surface area contributed by atoms with E-state index in [0.717, 1.165) is 32.4 Å². The highest BCUT2D eigenvalue weighted by molar-refractivity contribution is 5.79. The van der Waals surface area contributed by atoms with Crippen LogP contribution >= 0.6 is 0 Å². The predicted octanol–water partition coefficient (Wildman–Crippen LogP) is 1.49. The van der Waals surface area contributed by atoms with Crippen molar-refractivity contribution in [1.29, 1.82) is 0 Å². The third-order valence-electron chi connectivity index (χ3n) is 4.84. The van der Waals surface area contributed by atoms with Crippen molar-refractivity contribution in [3.8, 4) is 0 Å². The van der Waals surface area contributed by atoms with Crippen molar-refractivity contribution in [1.82, 2.24) is 10.2 Å². The first-order valence-electron chi connectivity index (χ1n) is 7.92. The highest BCUT2D eigenvalue weighted by Gasteiger charge is 2.28. The number of amides is 1. The van der Waals surface area contributed by atoms with Gasteiger partial charge in [-0.05, 0) is 39.3 Å². The number of carbonyl (C=O) groups is 1. The van der Waals surface area contributed by atoms with Crippen molar-refractivity contribution in [3.63, 3.8) is 0 Å². The summed E-state index contributed by atoms with van der Waals surface area (Å²) in [6.07, 6.45) is 9.29. The molecule has 1 heterocycles. The maximum Gasteiger partial charge on any atom is 0.224 e. The zero-order chi connectivity index (χ0) is 13.7. The van der Waals surface area contributed by atoms with Gasteiger partial charge in [0.2, 0.25) is 5.91 Å². The minimum absolute atomic E-state index is 0.0383. The molecule has 0 bridgehead atoms. The minimum atomic E-state index is 0.0383. The molecule has 1 saturated heterocycles. The number of nitrogens with one attached hydrogen (secondary N) is 1. The van der Waals surface area contributed by atoms with Crippen LogP contribution in [0.5, 0.6) is 0 Å². The Morgan fingerprint density at radius 3 is 2.68 bits per heavy atom. The topological polar surface area (TPSA) is 58.4 Å². The van der Waals surface area contributed by atoms with Crippen molar-refractivity contribution in [2.45, 2.75) is 63.5 Å². The summed E-state index contributed by atoms with van der Waals surface area (Å²) in [5.74, 6) is 0.227. The molecular formula is C15H29N3O. The van der Waals surface area contributed by atoms with E-state index in [1.807, 2.05) is 0 Å². The number of piperidine rings is 1. The van der Waals surface area contributed by atoms with Crippen molar-refractivity contribution < 1.29 is 4.79 Å². The lowest BCUT2D eigenvalue weighted by atomic mass is 9.94. The lowest BCUT2D eigenvalue weighted by molar-refractivity contribution is -0.126. The number of hydrogen-bond acceptors (Lipinski definition) is 3. The van der Waals surface area contributed by atoms with Crippen LogP contribution < -0.4 is 11.1 Å². The van der Waals surface area contributed by atoms with Crippen molar-refractivity contribution in [3.05, 3.63) is 0 Å². The highest BCUT2D eigenvalue weighted by Crippen LogP contribution is 2.22. The van der Waals surface area contributed by atoms with Crippen LogP contribution in [0.1, 0.15) is 51.4 Å². The van der Waals surface area contributed by atoms with E-state index < -0.39 is 0 Å². The molecule has 0 aromatic carbocycles. The molecule has 2 fully saturated rings. The molecule has 1 aliphatic carbocycles. The van der Waals surface area contributed by atoms with Gasteiger partial charge in [0.05, 0.1) is 5.92 Å². The van der Waals surface area contributed by atoms with Crippen LogP contribution in [0.25, 0.3) is 0 Å². The van der Waals surface area contributed by atoms with Crippen molar-refractivity contribution >= 4 is 5.91 Å². The molecule has 3 atom stereocenters. The van der Waals surface area contributed by atoms with E-state index in [1.165, 1.54) is 32.1 Å². The summed E-state index contributed by atoms with van der Waals surface area (Å²) in [4.78, 5) is 14.7. The Morgan fingerprint density at radius 2 is 1.89 bits per heavy atom. The van der Waals surface area contributed by atoms with Gasteiger partial charge in [-0.1, -0.05) is 25.7 Å². The van der Waals surface area contributed by atoms with Gasteiger partial charge in [0.25, 0.3) is 0 Å². The summed E-state index contributed by atoms with van der Waals surface area (Å²) in [7, 11) is 2.16. The average Bonchev–Trinajstić information content (AvgIpc) is 2.62. The molecular weight excluding hydrogens is 238 g/mol. The lowest BCUT2D eigenvalue weighted by Gasteiger charge is -2.33. The van der Waals surface area contributed by atoms with Crippen LogP contribution in [0.2, 0.25) is 0 Å². The normalized spacial score (nSPS) is 33.7. The van der Waals surface area contributed by atoms with Gasteiger partial charge in [0.1, 0.15) is 0 Å². The highest BCUT2D eigenvalue weighted by atomic mass is 16.1. The van der Waals surface area contributed by atoms with E-state index in [1.54, 1.807) is 0 Å². The fourth-order valence-electron chi connectivity index (χ4n) is 3.41. The zero-order valence-corrected chi connectivity index (χ0v) is 12.2. The van der Waals surface area contributed by atoms with Gasteiger partial charge in [0.15, 0.2) is 0 Å². The summed E-state index contributed by atoms with van der Waals surface area (Å²) < 4.78 is 0. The largest absolute Gasteiger partial charge is 0.354 e. The second kappa shape index (κ2) is 7.25. The van der Waals surface area contributed by atoms with Crippen LogP contribution in [0.15, 0.2) is 0 Å². The fourth-order valence-corrected chi connectivity index (χ4v) is 3.41. The fraction of sp³-hybridized carbons (Fsp3) is 0.933. The smallest absolute Gasteiger partial charge is 0.224 e. The number of rotatable bonds is 3. The molecule has 3 unspecified atom stereocenters. The molecule has 2 rings (SSSR count). The number of likely N-dealkylation sites (tertiary alicyclic amines) is 1. The molecule has 1 saturated carbocycles. The van der Waals surface area contributed by atoms with Gasteiger partial charge < -0.3 is 16.0 Å². The number of hydrogen-bond donors (Lipinski definition) is 2. The van der Waals surface area contributed by atoms with Crippen LogP contribution in [0, 0.1) is 5.92 Å². The summed E-state index contributed by atoms with van der Waals surface area (Å²) >= 11 is 0. The first kappa shape index (κ1) is 14.8. The Kier molecular flexibility index (Phi) is 5.64. The standard InChI is InChI=1S/C15H29N3O/c1-18-10-6-5-7-12(18)11-17-15(19)13-8-3-2-4-9-14(13)16/h12-14H,2-11,16H2,1H3,(H,17,19). The lowest BCUT2D eigenvalue weighted by Crippen LogP contribution is -2.48. The SMILES string of the molecule is CN1CCCCC1CNC(=O)C1CCCCCC1N. The van der Waals surface area contributed by atoms with Gasteiger partial charge in [-0.25, -0.2) is 0 Å². The van der Waals surface area contributed by atoms with Gasteiger partial charge in [-0.15, -0.1) is 0 Å². The second-order valence-corrected chi connectivity index (χ2v) is 6.28. The van der Waals surface area contributed by atoms with E-state index in [2.05, 4.69) is 17.3 Å². The quantitative estimate of drug-likeness (QED) is 0.762. The molecule has 19 heavy (non-hydrogen) atoms. The number of carbonyl (C=O) groups excluding carboxylic acids is 1. The molecule has 110 valence electrons. The van der Waals surface area contributed by atoms with Crippen LogP contribution in [0.3, 0.4) is 0 Å². The van der Waals surface area contributed by atoms with Gasteiger partial charge in [-0.3, -0.25) is 4.79 Å². The second-order valence-electron chi connectivity index (χ2n) is 6.28. The molecule has 0 spiro atoms. The van der Waals surface area contributed by atoms with E-state index in [4.69, 9.17) is 5.73 Å². The van der Waals surface area contributed by atoms with E-state index in [0.29, 0.717) is 6.04 Å². The summed E-state index contributed by atoms with van der Waals surface area (Å²) in [5, 5.41) is 3.15. The Labute approximate surface area is 117 Å². The van der Waals surface area contributed by atoms with Crippen molar-refractivity contribution in [2.75, 3.05) is 20.1 Å². The first-order chi connectivity index (χ1) is 9.18. The van der Waals surface area contributed by atoms with E-state index in [-0.39, 0.29) is 17.9 Å². The number of nitrogens with zero attached hydrogens (tertiary/aromatic N) is 1. The molecule has 0 aromatic heterocycles. The predicted molar refractivity (Wildman–Crippen MR) is 77.8 cm³/mol. The molecule has 0 radical (unpaired) electrons. The molecule has 2 aliphatic rings. The van der Waals surface area contributed by atoms with Gasteiger partial charge in [-0.2, -0.15) is 0 Å². The number of likely N-dealkylation sites (N-methyl/N-ethyl adjacent to an activating group) is 1. The average molecular weight is 267 g/mol. The third kappa shape index (κ3) is 4.18. The van der Waals surface area contributed by atoms with E-state index >= 15 is 0 Å². The van der Waals surface area contributed by atoms with Crippen LogP contribution in [0.4, 0.5) is 0 Å². The Bertz CT molecular complexity index is 295. The van der Waals surface area contributed by atoms with Gasteiger partial charge in [0, 0.05) is 18.6 Å².